The van der Waals surface area contributed by atoms with Gasteiger partial charge in [-0.05, 0) is 65.5 Å². The van der Waals surface area contributed by atoms with E-state index in [0.29, 0.717) is 23.7 Å². The maximum atomic E-state index is 13.3. The van der Waals surface area contributed by atoms with Gasteiger partial charge in [0.1, 0.15) is 11.8 Å². The van der Waals surface area contributed by atoms with Crippen LogP contribution >= 0.6 is 0 Å². The molecule has 4 aromatic rings. The molecule has 1 aliphatic heterocycles. The molecule has 1 unspecified atom stereocenters. The van der Waals surface area contributed by atoms with Crippen molar-refractivity contribution in [1.82, 2.24) is 30.1 Å². The summed E-state index contributed by atoms with van der Waals surface area (Å²) >= 11 is 0. The normalized spacial score (nSPS) is 15.7. The molecule has 0 radical (unpaired) electrons. The van der Waals surface area contributed by atoms with Crippen LogP contribution in [0.4, 0.5) is 0 Å². The van der Waals surface area contributed by atoms with Crippen LogP contribution in [0, 0.1) is 0 Å². The molecule has 0 spiro atoms. The molecule has 2 aromatic heterocycles. The van der Waals surface area contributed by atoms with E-state index in [1.165, 1.54) is 6.42 Å². The highest BCUT2D eigenvalue weighted by molar-refractivity contribution is 5.80. The van der Waals surface area contributed by atoms with Crippen LogP contribution in [0.2, 0.25) is 0 Å². The first-order valence-electron chi connectivity index (χ1n) is 11.0. The molecule has 0 bridgehead atoms. The molecule has 8 nitrogen and oxygen atoms in total. The number of H-pyrrole nitrogens is 1. The number of piperidine rings is 1. The Hall–Kier alpha value is -3.52. The predicted molar refractivity (Wildman–Crippen MR) is 122 cm³/mol. The van der Waals surface area contributed by atoms with Gasteiger partial charge in [-0.25, -0.2) is 4.68 Å². The third-order valence-corrected chi connectivity index (χ3v) is 6.11. The molecule has 2 aromatic carbocycles. The van der Waals surface area contributed by atoms with Crippen molar-refractivity contribution in [3.63, 3.8) is 0 Å². The number of ether oxygens (including phenoxy) is 1. The summed E-state index contributed by atoms with van der Waals surface area (Å²) in [7, 11) is 1.62. The van der Waals surface area contributed by atoms with Crippen LogP contribution < -0.4 is 10.3 Å². The van der Waals surface area contributed by atoms with Crippen LogP contribution in [-0.4, -0.2) is 50.3 Å². The highest BCUT2D eigenvalue weighted by Gasteiger charge is 2.31. The molecule has 1 atom stereocenters. The van der Waals surface area contributed by atoms with Crippen molar-refractivity contribution in [3.8, 4) is 5.75 Å². The van der Waals surface area contributed by atoms with Crippen LogP contribution in [0.25, 0.3) is 10.9 Å². The van der Waals surface area contributed by atoms with E-state index in [1.54, 1.807) is 7.11 Å². The van der Waals surface area contributed by atoms with Gasteiger partial charge in [-0.2, -0.15) is 0 Å². The summed E-state index contributed by atoms with van der Waals surface area (Å²) in [6.45, 7) is 2.36. The molecule has 1 fully saturated rings. The Kier molecular flexibility index (Phi) is 5.68. The number of hydrogen-bond donors (Lipinski definition) is 1. The second kappa shape index (κ2) is 8.92. The van der Waals surface area contributed by atoms with Gasteiger partial charge >= 0.3 is 0 Å². The average molecular weight is 431 g/mol. The molecular weight excluding hydrogens is 404 g/mol. The van der Waals surface area contributed by atoms with Gasteiger partial charge in [-0.1, -0.05) is 36.8 Å². The predicted octanol–water partition coefficient (Wildman–Crippen LogP) is 3.15. The number of aromatic amines is 1. The molecule has 1 N–H and O–H groups in total. The van der Waals surface area contributed by atoms with Crippen molar-refractivity contribution in [2.75, 3.05) is 20.2 Å². The maximum Gasteiger partial charge on any atom is 0.253 e. The highest BCUT2D eigenvalue weighted by Crippen LogP contribution is 2.30. The number of methoxy groups -OCH3 is 1. The van der Waals surface area contributed by atoms with Crippen molar-refractivity contribution in [2.45, 2.75) is 31.8 Å². The van der Waals surface area contributed by atoms with Gasteiger partial charge in [0.2, 0.25) is 0 Å². The minimum Gasteiger partial charge on any atom is -0.497 e. The van der Waals surface area contributed by atoms with Crippen LogP contribution in [-0.2, 0) is 6.54 Å². The first-order valence-corrected chi connectivity index (χ1v) is 11.0. The van der Waals surface area contributed by atoms with Gasteiger partial charge in [0.05, 0.1) is 19.2 Å². The van der Waals surface area contributed by atoms with Crippen LogP contribution in [0.15, 0.2) is 59.4 Å². The number of fused-ring (bicyclic) bond motifs is 1. The van der Waals surface area contributed by atoms with Gasteiger partial charge in [0, 0.05) is 11.6 Å². The number of benzene rings is 2. The maximum absolute atomic E-state index is 13.3. The van der Waals surface area contributed by atoms with E-state index in [2.05, 4.69) is 37.5 Å². The Morgan fingerprint density at radius 3 is 2.66 bits per heavy atom. The van der Waals surface area contributed by atoms with E-state index in [1.807, 2.05) is 47.1 Å². The molecule has 0 saturated carbocycles. The molecule has 1 saturated heterocycles. The van der Waals surface area contributed by atoms with Crippen LogP contribution in [0.3, 0.4) is 0 Å². The minimum absolute atomic E-state index is 0.129. The Morgan fingerprint density at radius 2 is 1.88 bits per heavy atom. The van der Waals surface area contributed by atoms with E-state index >= 15 is 0 Å². The molecule has 3 heterocycles. The Labute approximate surface area is 185 Å². The molecule has 0 aliphatic carbocycles. The van der Waals surface area contributed by atoms with E-state index in [-0.39, 0.29) is 11.6 Å². The van der Waals surface area contributed by atoms with Gasteiger partial charge in [0.25, 0.3) is 5.56 Å². The fourth-order valence-electron chi connectivity index (χ4n) is 4.48. The monoisotopic (exact) mass is 430 g/mol. The number of nitrogens with one attached hydrogen (secondary N) is 1. The van der Waals surface area contributed by atoms with Crippen LogP contribution in [0.5, 0.6) is 5.75 Å². The molecule has 1 aliphatic rings. The Bertz CT molecular complexity index is 1260. The van der Waals surface area contributed by atoms with Gasteiger partial charge in [0.15, 0.2) is 5.82 Å². The minimum atomic E-state index is -0.315. The van der Waals surface area contributed by atoms with E-state index in [9.17, 15) is 4.79 Å². The first kappa shape index (κ1) is 20.4. The molecular formula is C24H26N6O2. The summed E-state index contributed by atoms with van der Waals surface area (Å²) in [6, 6.07) is 17.5. The summed E-state index contributed by atoms with van der Waals surface area (Å²) in [5, 5.41) is 13.6. The summed E-state index contributed by atoms with van der Waals surface area (Å²) in [4.78, 5) is 18.7. The van der Waals surface area contributed by atoms with Gasteiger partial charge in [-0.15, -0.1) is 5.10 Å². The number of nitrogens with zero attached hydrogens (tertiary/aromatic N) is 5. The lowest BCUT2D eigenvalue weighted by atomic mass is 10.0. The fourth-order valence-corrected chi connectivity index (χ4v) is 4.48. The van der Waals surface area contributed by atoms with Gasteiger partial charge in [-0.3, -0.25) is 9.69 Å². The van der Waals surface area contributed by atoms with Crippen molar-refractivity contribution < 1.29 is 4.74 Å². The zero-order valence-electron chi connectivity index (χ0n) is 18.1. The third kappa shape index (κ3) is 4.01. The summed E-state index contributed by atoms with van der Waals surface area (Å²) in [5.41, 5.74) is 2.39. The van der Waals surface area contributed by atoms with Crippen molar-refractivity contribution in [1.29, 1.82) is 0 Å². The quantitative estimate of drug-likeness (QED) is 0.506. The zero-order chi connectivity index (χ0) is 21.9. The largest absolute Gasteiger partial charge is 0.497 e. The summed E-state index contributed by atoms with van der Waals surface area (Å²) in [5.74, 6) is 1.40. The van der Waals surface area contributed by atoms with E-state index in [4.69, 9.17) is 4.74 Å². The first-order chi connectivity index (χ1) is 15.7. The number of hydrogen-bond acceptors (Lipinski definition) is 6. The number of likely N-dealkylation sites (tertiary alicyclic amines) is 1. The molecule has 164 valence electrons. The van der Waals surface area contributed by atoms with Gasteiger partial charge < -0.3 is 9.72 Å². The average Bonchev–Trinajstić information content (AvgIpc) is 3.28. The summed E-state index contributed by atoms with van der Waals surface area (Å²) < 4.78 is 7.12. The Morgan fingerprint density at radius 1 is 1.06 bits per heavy atom. The van der Waals surface area contributed by atoms with Crippen molar-refractivity contribution in [2.24, 2.45) is 0 Å². The van der Waals surface area contributed by atoms with Crippen molar-refractivity contribution >= 4 is 10.9 Å². The van der Waals surface area contributed by atoms with Crippen LogP contribution in [0.1, 0.15) is 42.3 Å². The Balaban J connectivity index is 1.61. The smallest absolute Gasteiger partial charge is 0.253 e. The molecule has 8 heteroatoms. The van der Waals surface area contributed by atoms with E-state index < -0.39 is 0 Å². The summed E-state index contributed by atoms with van der Waals surface area (Å²) in [6.07, 6.45) is 3.39. The topological polar surface area (TPSA) is 88.9 Å². The lowest BCUT2D eigenvalue weighted by molar-refractivity contribution is 0.177. The standard InChI is InChI=1S/C24H26N6O2/c1-32-19-11-10-18-14-20(24(31)25-21(18)15-19)22(29-12-6-3-7-13-29)23-26-27-28-30(23)16-17-8-4-2-5-9-17/h2,4-5,8-11,14-15,22H,3,6-7,12-13,16H2,1H3,(H,25,31). The third-order valence-electron chi connectivity index (χ3n) is 6.11. The molecule has 5 rings (SSSR count). The highest BCUT2D eigenvalue weighted by atomic mass is 16.5. The number of rotatable bonds is 6. The van der Waals surface area contributed by atoms with E-state index in [0.717, 1.165) is 42.4 Å². The zero-order valence-corrected chi connectivity index (χ0v) is 18.1. The number of pyridine rings is 1. The number of tetrazole rings is 1. The lowest BCUT2D eigenvalue weighted by Gasteiger charge is -2.33. The SMILES string of the molecule is COc1ccc2cc(C(c3nnnn3Cc3ccccc3)N3CCCCC3)c(=O)[nH]c2c1. The lowest BCUT2D eigenvalue weighted by Crippen LogP contribution is -2.38. The number of aromatic nitrogens is 5. The molecule has 0 amide bonds. The fraction of sp³-hybridized carbons (Fsp3) is 0.333. The van der Waals surface area contributed by atoms with Crippen molar-refractivity contribution in [3.05, 3.63) is 81.9 Å². The second-order valence-electron chi connectivity index (χ2n) is 8.19. The molecule has 32 heavy (non-hydrogen) atoms. The second-order valence-corrected chi connectivity index (χ2v) is 8.19.